The van der Waals surface area contributed by atoms with Crippen molar-refractivity contribution in [3.05, 3.63) is 53.6 Å². The van der Waals surface area contributed by atoms with Crippen molar-refractivity contribution < 1.29 is 63.5 Å². The van der Waals surface area contributed by atoms with Crippen molar-refractivity contribution in [2.45, 2.75) is 177 Å². The van der Waals surface area contributed by atoms with Gasteiger partial charge in [-0.05, 0) is 82.8 Å². The first-order chi connectivity index (χ1) is 26.9. The predicted octanol–water partition coefficient (Wildman–Crippen LogP) is 3.96. The van der Waals surface area contributed by atoms with E-state index in [0.29, 0.717) is 32.1 Å². The fourth-order valence-electron chi connectivity index (χ4n) is 11.8. The van der Waals surface area contributed by atoms with Crippen LogP contribution in [0.4, 0.5) is 0 Å². The summed E-state index contributed by atoms with van der Waals surface area (Å²) in [5.74, 6) is -1.16. The molecule has 17 atom stereocenters. The van der Waals surface area contributed by atoms with Crippen molar-refractivity contribution in [3.63, 3.8) is 0 Å². The van der Waals surface area contributed by atoms with E-state index in [2.05, 4.69) is 6.92 Å². The van der Waals surface area contributed by atoms with Crippen molar-refractivity contribution in [1.82, 2.24) is 0 Å². The zero-order valence-corrected chi connectivity index (χ0v) is 34.4. The van der Waals surface area contributed by atoms with E-state index in [0.717, 1.165) is 11.1 Å². The second kappa shape index (κ2) is 16.0. The van der Waals surface area contributed by atoms with Crippen LogP contribution in [0.3, 0.4) is 0 Å². The Bertz CT molecular complexity index is 1650. The van der Waals surface area contributed by atoms with Crippen LogP contribution in [0.2, 0.25) is 0 Å². The van der Waals surface area contributed by atoms with Gasteiger partial charge in [-0.15, -0.1) is 0 Å². The number of hydrogen-bond donors (Lipinski definition) is 5. The monoisotopic (exact) mass is 800 g/mol. The second-order valence-electron chi connectivity index (χ2n) is 18.0. The van der Waals surface area contributed by atoms with Gasteiger partial charge >= 0.3 is 5.97 Å². The number of fused-ring (bicyclic) bond motifs is 5. The molecule has 0 amide bonds. The molecule has 3 saturated carbocycles. The summed E-state index contributed by atoms with van der Waals surface area (Å²) in [6.07, 6.45) is 1.69. The summed E-state index contributed by atoms with van der Waals surface area (Å²) in [7, 11) is 3.21. The molecule has 0 bridgehead atoms. The Morgan fingerprint density at radius 1 is 0.912 bits per heavy atom. The van der Waals surface area contributed by atoms with E-state index in [4.69, 9.17) is 33.2 Å². The van der Waals surface area contributed by atoms with Crippen LogP contribution in [0.1, 0.15) is 98.0 Å². The standard InChI is InChI=1S/C44H64O13/c1-25-38(47)31(51-6)22-37(53-25)57-39-26(2)54-36(23-32(39)52-7)55-30-16-17-40(4)29(21-30)15-18-43(49)33(40)24-34(56-35(46)14-13-28-11-9-8-10-12-28)41(5)42(48,27(3)45)19-20-44(41,43)50/h8-15,25-27,30-34,36-39,45,47-50H,16-24H2,1-7H3/b14-13+/t25-,26-,27?,30+,31-,32+,33-,34?,36+,37+,38-,39-,40+,41-,42-,43+,44-/m1/s1. The van der Waals surface area contributed by atoms with E-state index in [1.807, 2.05) is 43.3 Å². The zero-order chi connectivity index (χ0) is 41.1. The maximum atomic E-state index is 13.5. The molecule has 6 aliphatic rings. The normalized spacial score (nSPS) is 47.7. The number of esters is 1. The lowest BCUT2D eigenvalue weighted by Gasteiger charge is -2.67. The van der Waals surface area contributed by atoms with Crippen LogP contribution >= 0.6 is 0 Å². The van der Waals surface area contributed by atoms with Gasteiger partial charge in [-0.25, -0.2) is 4.79 Å². The van der Waals surface area contributed by atoms with Crippen molar-refractivity contribution in [2.75, 3.05) is 14.2 Å². The summed E-state index contributed by atoms with van der Waals surface area (Å²) in [6, 6.07) is 9.36. The number of rotatable bonds is 10. The molecule has 5 N–H and O–H groups in total. The smallest absolute Gasteiger partial charge is 0.331 e. The van der Waals surface area contributed by atoms with Crippen LogP contribution in [0.25, 0.3) is 6.08 Å². The molecule has 0 spiro atoms. The minimum atomic E-state index is -1.88. The van der Waals surface area contributed by atoms with Gasteiger partial charge in [-0.2, -0.15) is 0 Å². The highest BCUT2D eigenvalue weighted by Gasteiger charge is 2.81. The van der Waals surface area contributed by atoms with E-state index in [1.165, 1.54) is 13.0 Å². The molecule has 57 heavy (non-hydrogen) atoms. The Morgan fingerprint density at radius 3 is 2.26 bits per heavy atom. The molecule has 7 rings (SSSR count). The summed E-state index contributed by atoms with van der Waals surface area (Å²) >= 11 is 0. The molecule has 1 aromatic carbocycles. The Kier molecular flexibility index (Phi) is 12.0. The third-order valence-corrected chi connectivity index (χ3v) is 15.3. The summed E-state index contributed by atoms with van der Waals surface area (Å²) < 4.78 is 43.0. The minimum absolute atomic E-state index is 0.0280. The first kappa shape index (κ1) is 42.8. The molecule has 2 unspecified atom stereocenters. The minimum Gasteiger partial charge on any atom is -0.458 e. The van der Waals surface area contributed by atoms with Crippen LogP contribution in [-0.4, -0.2) is 130 Å². The van der Waals surface area contributed by atoms with Crippen molar-refractivity contribution in [3.8, 4) is 0 Å². The largest absolute Gasteiger partial charge is 0.458 e. The summed E-state index contributed by atoms with van der Waals surface area (Å²) in [4.78, 5) is 13.5. The topological polar surface area (TPSA) is 183 Å². The average molecular weight is 801 g/mol. The lowest BCUT2D eigenvalue weighted by atomic mass is 9.42. The molecule has 13 nitrogen and oxygen atoms in total. The number of ether oxygens (including phenoxy) is 7. The van der Waals surface area contributed by atoms with Gasteiger partial charge in [0.25, 0.3) is 0 Å². The lowest BCUT2D eigenvalue weighted by Crippen LogP contribution is -2.78. The van der Waals surface area contributed by atoms with Gasteiger partial charge in [-0.3, -0.25) is 0 Å². The van der Waals surface area contributed by atoms with Gasteiger partial charge in [0.15, 0.2) is 12.6 Å². The van der Waals surface area contributed by atoms with Crippen LogP contribution in [0.15, 0.2) is 48.1 Å². The van der Waals surface area contributed by atoms with E-state index < -0.39 is 88.7 Å². The van der Waals surface area contributed by atoms with E-state index >= 15 is 0 Å². The summed E-state index contributed by atoms with van der Waals surface area (Å²) in [5.41, 5.74) is -5.63. The summed E-state index contributed by atoms with van der Waals surface area (Å²) in [6.45, 7) is 8.97. The van der Waals surface area contributed by atoms with Crippen molar-refractivity contribution >= 4 is 12.0 Å². The molecule has 0 radical (unpaired) electrons. The van der Waals surface area contributed by atoms with Crippen LogP contribution in [0, 0.1) is 16.7 Å². The van der Waals surface area contributed by atoms with Gasteiger partial charge in [0, 0.05) is 39.1 Å². The predicted molar refractivity (Wildman–Crippen MR) is 207 cm³/mol. The number of carbonyl (C=O) groups is 1. The van der Waals surface area contributed by atoms with Crippen molar-refractivity contribution in [1.29, 1.82) is 0 Å². The van der Waals surface area contributed by atoms with Gasteiger partial charge < -0.3 is 58.7 Å². The molecule has 0 aromatic heterocycles. The van der Waals surface area contributed by atoms with Crippen molar-refractivity contribution in [2.24, 2.45) is 16.7 Å². The molecule has 318 valence electrons. The molecule has 5 fully saturated rings. The van der Waals surface area contributed by atoms with Gasteiger partial charge in [0.05, 0.1) is 42.0 Å². The number of carbonyl (C=O) groups excluding carboxylic acids is 1. The number of benzene rings is 1. The first-order valence-electron chi connectivity index (χ1n) is 20.8. The van der Waals surface area contributed by atoms with E-state index in [1.54, 1.807) is 34.1 Å². The molecular weight excluding hydrogens is 736 g/mol. The van der Waals surface area contributed by atoms with Gasteiger partial charge in [0.1, 0.15) is 35.1 Å². The molecule has 2 aliphatic heterocycles. The molecule has 1 aromatic rings. The highest BCUT2D eigenvalue weighted by molar-refractivity contribution is 5.87. The number of aliphatic hydroxyl groups excluding tert-OH is 2. The molecule has 2 saturated heterocycles. The molecule has 13 heteroatoms. The second-order valence-corrected chi connectivity index (χ2v) is 18.0. The fraction of sp³-hybridized carbons (Fsp3) is 0.750. The Labute approximate surface area is 336 Å². The first-order valence-corrected chi connectivity index (χ1v) is 20.8. The highest BCUT2D eigenvalue weighted by Crippen LogP contribution is 2.71. The quantitative estimate of drug-likeness (QED) is 0.130. The Morgan fingerprint density at radius 2 is 1.58 bits per heavy atom. The van der Waals surface area contributed by atoms with Crippen LogP contribution < -0.4 is 0 Å². The van der Waals surface area contributed by atoms with Gasteiger partial charge in [0.2, 0.25) is 0 Å². The van der Waals surface area contributed by atoms with Gasteiger partial charge in [-0.1, -0.05) is 55.8 Å². The Hall–Kier alpha value is -2.27. The number of hydrogen-bond acceptors (Lipinski definition) is 13. The van der Waals surface area contributed by atoms with E-state index in [9.17, 15) is 30.3 Å². The van der Waals surface area contributed by atoms with Crippen LogP contribution in [0.5, 0.6) is 0 Å². The lowest BCUT2D eigenvalue weighted by molar-refractivity contribution is -0.328. The average Bonchev–Trinajstić information content (AvgIpc) is 3.42. The fourth-order valence-corrected chi connectivity index (χ4v) is 11.8. The highest BCUT2D eigenvalue weighted by atomic mass is 16.7. The Balaban J connectivity index is 1.07. The maximum absolute atomic E-state index is 13.5. The third-order valence-electron chi connectivity index (χ3n) is 15.3. The molecular formula is C44H64O13. The van der Waals surface area contributed by atoms with E-state index in [-0.39, 0.29) is 44.0 Å². The maximum Gasteiger partial charge on any atom is 0.331 e. The number of aliphatic hydroxyl groups is 5. The third kappa shape index (κ3) is 7.06. The molecule has 4 aliphatic carbocycles. The zero-order valence-electron chi connectivity index (χ0n) is 34.4. The van der Waals surface area contributed by atoms with Crippen LogP contribution in [-0.2, 0) is 38.0 Å². The number of methoxy groups -OCH3 is 2. The molecule has 2 heterocycles. The summed E-state index contributed by atoms with van der Waals surface area (Å²) in [5, 5.41) is 59.3. The SMILES string of the molecule is CO[C@H]1C[C@H](O[C@H]2CC[C@@]3(C)C(=CC[C@]4(O)[C@@H]3CC(OC(=O)/C=C/c3ccccc3)[C@@]3(C)[C@]4(O)CC[C@@]3(O)C(C)O)C2)O[C@H](C)[C@H]1O[C@H]1C[C@@H](OC)[C@H](O)[C@@H](C)O1.